The summed E-state index contributed by atoms with van der Waals surface area (Å²) < 4.78 is 4.60. The number of halogens is 1. The Hall–Kier alpha value is -0.280. The minimum absolute atomic E-state index is 0. The van der Waals surface area contributed by atoms with E-state index < -0.39 is 0 Å². The fraction of sp³-hybridized carbons (Fsp3) is 0.875. The number of nitrogens with one attached hydrogen (secondary N) is 1. The molecule has 1 N–H and O–H groups in total. The van der Waals surface area contributed by atoms with E-state index >= 15 is 0 Å². The lowest BCUT2D eigenvalue weighted by atomic mass is 10.2. The molecule has 12 heavy (non-hydrogen) atoms. The Morgan fingerprint density at radius 3 is 2.25 bits per heavy atom. The van der Waals surface area contributed by atoms with Crippen molar-refractivity contribution in [3.63, 3.8) is 0 Å². The number of hydrogen-bond donors (Lipinski definition) is 1. The molecule has 1 atom stereocenters. The quantitative estimate of drug-likeness (QED) is 0.689. The Bertz CT molecular complexity index is 128. The van der Waals surface area contributed by atoms with Crippen LogP contribution in [0.2, 0.25) is 0 Å². The molecule has 0 spiro atoms. The molecule has 0 aromatic heterocycles. The van der Waals surface area contributed by atoms with Crippen LogP contribution >= 0.6 is 12.4 Å². The molecule has 0 fully saturated rings. The van der Waals surface area contributed by atoms with Gasteiger partial charge in [0.15, 0.2) is 0 Å². The molecule has 0 heterocycles. The topological polar surface area (TPSA) is 38.3 Å². The van der Waals surface area contributed by atoms with Crippen molar-refractivity contribution in [3.05, 3.63) is 0 Å². The van der Waals surface area contributed by atoms with E-state index in [4.69, 9.17) is 0 Å². The number of carbonyl (C=O) groups is 1. The Labute approximate surface area is 80.3 Å². The summed E-state index contributed by atoms with van der Waals surface area (Å²) in [5.41, 5.74) is 0. The van der Waals surface area contributed by atoms with Crippen molar-refractivity contribution in [1.29, 1.82) is 0 Å². The Balaban J connectivity index is 0. The van der Waals surface area contributed by atoms with E-state index in [9.17, 15) is 4.79 Å². The van der Waals surface area contributed by atoms with Gasteiger partial charge in [-0.3, -0.25) is 4.79 Å². The van der Waals surface area contributed by atoms with Gasteiger partial charge >= 0.3 is 5.97 Å². The van der Waals surface area contributed by atoms with Crippen LogP contribution in [-0.2, 0) is 9.53 Å². The van der Waals surface area contributed by atoms with Crippen LogP contribution in [0.1, 0.15) is 27.2 Å². The van der Waals surface area contributed by atoms with Gasteiger partial charge in [0, 0.05) is 6.04 Å². The van der Waals surface area contributed by atoms with E-state index in [0.29, 0.717) is 6.04 Å². The highest BCUT2D eigenvalue weighted by molar-refractivity contribution is 5.85. The maximum Gasteiger partial charge on any atom is 0.322 e. The van der Waals surface area contributed by atoms with Gasteiger partial charge in [-0.05, 0) is 6.42 Å². The summed E-state index contributed by atoms with van der Waals surface area (Å²) in [4.78, 5) is 11.0. The predicted molar refractivity (Wildman–Crippen MR) is 51.6 cm³/mol. The zero-order chi connectivity index (χ0) is 8.85. The van der Waals surface area contributed by atoms with Crippen LogP contribution in [0.4, 0.5) is 0 Å². The van der Waals surface area contributed by atoms with Crippen molar-refractivity contribution in [1.82, 2.24) is 5.32 Å². The summed E-state index contributed by atoms with van der Waals surface area (Å²) in [5.74, 6) is -0.179. The second-order valence-electron chi connectivity index (χ2n) is 2.81. The molecule has 74 valence electrons. The summed E-state index contributed by atoms with van der Waals surface area (Å²) in [6, 6.07) is 0.166. The molecular formula is C8H18ClNO2. The summed E-state index contributed by atoms with van der Waals surface area (Å²) in [6.45, 7) is 5.97. The fourth-order valence-electron chi connectivity index (χ4n) is 0.897. The van der Waals surface area contributed by atoms with Crippen LogP contribution in [-0.4, -0.2) is 25.2 Å². The van der Waals surface area contributed by atoms with E-state index in [2.05, 4.69) is 10.1 Å². The third kappa shape index (κ3) is 5.38. The van der Waals surface area contributed by atoms with Gasteiger partial charge in [0.05, 0.1) is 7.11 Å². The van der Waals surface area contributed by atoms with Crippen LogP contribution in [0.3, 0.4) is 0 Å². The summed E-state index contributed by atoms with van der Waals surface area (Å²) >= 11 is 0. The van der Waals surface area contributed by atoms with E-state index in [1.54, 1.807) is 0 Å². The van der Waals surface area contributed by atoms with Gasteiger partial charge in [-0.15, -0.1) is 12.4 Å². The maximum atomic E-state index is 11.0. The number of hydrogen-bond acceptors (Lipinski definition) is 3. The minimum atomic E-state index is -0.179. The van der Waals surface area contributed by atoms with Gasteiger partial charge in [0.25, 0.3) is 0 Å². The molecule has 0 bridgehead atoms. The molecule has 0 aliphatic rings. The molecule has 0 aliphatic carbocycles. The molecule has 0 saturated heterocycles. The lowest BCUT2D eigenvalue weighted by Gasteiger charge is -2.16. The lowest BCUT2D eigenvalue weighted by Crippen LogP contribution is -2.40. The minimum Gasteiger partial charge on any atom is -0.468 e. The zero-order valence-corrected chi connectivity index (χ0v) is 8.90. The monoisotopic (exact) mass is 195 g/mol. The van der Waals surface area contributed by atoms with Crippen molar-refractivity contribution in [3.8, 4) is 0 Å². The standard InChI is InChI=1S/C8H17NO2.ClH/c1-5-7(8(10)11-4)9-6(2)3;/h6-7,9H,5H2,1-4H3;1H/t7-;/m1./s1. The summed E-state index contributed by atoms with van der Waals surface area (Å²) in [7, 11) is 1.41. The normalized spacial score (nSPS) is 12.1. The predicted octanol–water partition coefficient (Wildman–Crippen LogP) is 1.36. The van der Waals surface area contributed by atoms with Crippen LogP contribution in [0.5, 0.6) is 0 Å². The highest BCUT2D eigenvalue weighted by atomic mass is 35.5. The Morgan fingerprint density at radius 2 is 2.00 bits per heavy atom. The smallest absolute Gasteiger partial charge is 0.322 e. The van der Waals surface area contributed by atoms with Crippen molar-refractivity contribution in [2.24, 2.45) is 0 Å². The summed E-state index contributed by atoms with van der Waals surface area (Å²) in [6.07, 6.45) is 0.769. The second kappa shape index (κ2) is 7.37. The Morgan fingerprint density at radius 1 is 1.50 bits per heavy atom. The fourth-order valence-corrected chi connectivity index (χ4v) is 0.897. The SMILES string of the molecule is CC[C@@H](NC(C)C)C(=O)OC.Cl. The number of carbonyl (C=O) groups excluding carboxylic acids is 1. The molecule has 4 heteroatoms. The Kier molecular flexibility index (Phi) is 8.76. The number of ether oxygens (including phenoxy) is 1. The lowest BCUT2D eigenvalue weighted by molar-refractivity contribution is -0.143. The molecule has 0 radical (unpaired) electrons. The van der Waals surface area contributed by atoms with Crippen LogP contribution < -0.4 is 5.32 Å². The first-order valence-electron chi connectivity index (χ1n) is 3.95. The first-order chi connectivity index (χ1) is 5.11. The first-order valence-corrected chi connectivity index (χ1v) is 3.95. The number of methoxy groups -OCH3 is 1. The van der Waals surface area contributed by atoms with Gasteiger partial charge in [-0.2, -0.15) is 0 Å². The van der Waals surface area contributed by atoms with E-state index in [1.807, 2.05) is 20.8 Å². The molecule has 0 amide bonds. The third-order valence-electron chi connectivity index (χ3n) is 1.43. The van der Waals surface area contributed by atoms with Gasteiger partial charge in [-0.25, -0.2) is 0 Å². The van der Waals surface area contributed by atoms with Gasteiger partial charge in [0.1, 0.15) is 6.04 Å². The van der Waals surface area contributed by atoms with E-state index in [0.717, 1.165) is 6.42 Å². The third-order valence-corrected chi connectivity index (χ3v) is 1.43. The first kappa shape index (κ1) is 14.3. The number of esters is 1. The zero-order valence-electron chi connectivity index (χ0n) is 8.09. The van der Waals surface area contributed by atoms with E-state index in [1.165, 1.54) is 7.11 Å². The summed E-state index contributed by atoms with van der Waals surface area (Å²) in [5, 5.41) is 3.11. The molecule has 3 nitrogen and oxygen atoms in total. The van der Waals surface area contributed by atoms with Crippen molar-refractivity contribution in [2.45, 2.75) is 39.3 Å². The van der Waals surface area contributed by atoms with Gasteiger partial charge in [-0.1, -0.05) is 20.8 Å². The van der Waals surface area contributed by atoms with Crippen LogP contribution in [0, 0.1) is 0 Å². The van der Waals surface area contributed by atoms with Crippen molar-refractivity contribution < 1.29 is 9.53 Å². The number of rotatable bonds is 4. The average molecular weight is 196 g/mol. The molecule has 0 aromatic rings. The maximum absolute atomic E-state index is 11.0. The molecule has 0 aromatic carbocycles. The van der Waals surface area contributed by atoms with Crippen molar-refractivity contribution in [2.75, 3.05) is 7.11 Å². The molecule has 0 aliphatic heterocycles. The highest BCUT2D eigenvalue weighted by Gasteiger charge is 2.16. The van der Waals surface area contributed by atoms with Crippen LogP contribution in [0.15, 0.2) is 0 Å². The van der Waals surface area contributed by atoms with Crippen LogP contribution in [0.25, 0.3) is 0 Å². The van der Waals surface area contributed by atoms with Gasteiger partial charge in [0.2, 0.25) is 0 Å². The largest absolute Gasteiger partial charge is 0.468 e. The molecular weight excluding hydrogens is 178 g/mol. The average Bonchev–Trinajstić information content (AvgIpc) is 1.98. The van der Waals surface area contributed by atoms with Gasteiger partial charge < -0.3 is 10.1 Å². The molecule has 0 rings (SSSR count). The molecule has 0 unspecified atom stereocenters. The highest BCUT2D eigenvalue weighted by Crippen LogP contribution is 1.95. The van der Waals surface area contributed by atoms with E-state index in [-0.39, 0.29) is 24.4 Å². The molecule has 0 saturated carbocycles. The van der Waals surface area contributed by atoms with Crippen molar-refractivity contribution >= 4 is 18.4 Å². The second-order valence-corrected chi connectivity index (χ2v) is 2.81.